The van der Waals surface area contributed by atoms with E-state index in [0.717, 1.165) is 12.2 Å². The topological polar surface area (TPSA) is 17.8 Å². The summed E-state index contributed by atoms with van der Waals surface area (Å²) < 4.78 is 1.84. The second kappa shape index (κ2) is 4.71. The molecule has 0 amide bonds. The molecular weight excluding hydrogens is 220 g/mol. The van der Waals surface area contributed by atoms with Gasteiger partial charge in [0, 0.05) is 0 Å². The van der Waals surface area contributed by atoms with E-state index < -0.39 is 0 Å². The SMILES string of the molecule is CC(C)c1cc(Cl)n(Cc2ccccc2)n1. The minimum Gasteiger partial charge on any atom is -0.249 e. The third kappa shape index (κ3) is 2.45. The average Bonchev–Trinajstić information content (AvgIpc) is 2.62. The number of rotatable bonds is 3. The molecule has 0 fully saturated rings. The molecular formula is C13H15ClN2. The van der Waals surface area contributed by atoms with Crippen molar-refractivity contribution in [2.45, 2.75) is 26.3 Å². The third-order valence-electron chi connectivity index (χ3n) is 2.52. The molecule has 0 spiro atoms. The lowest BCUT2D eigenvalue weighted by Crippen LogP contribution is -2.02. The maximum absolute atomic E-state index is 6.14. The molecule has 0 aliphatic rings. The maximum Gasteiger partial charge on any atom is 0.127 e. The lowest BCUT2D eigenvalue weighted by Gasteiger charge is -2.03. The van der Waals surface area contributed by atoms with Crippen molar-refractivity contribution in [3.63, 3.8) is 0 Å². The summed E-state index contributed by atoms with van der Waals surface area (Å²) in [6.45, 7) is 4.96. The second-order valence-corrected chi connectivity index (χ2v) is 4.58. The smallest absolute Gasteiger partial charge is 0.127 e. The maximum atomic E-state index is 6.14. The Kier molecular flexibility index (Phi) is 3.30. The first kappa shape index (κ1) is 11.2. The summed E-state index contributed by atoms with van der Waals surface area (Å²) in [4.78, 5) is 0. The van der Waals surface area contributed by atoms with Crippen LogP contribution >= 0.6 is 11.6 Å². The molecule has 16 heavy (non-hydrogen) atoms. The summed E-state index contributed by atoms with van der Waals surface area (Å²) in [5, 5.41) is 5.19. The Labute approximate surface area is 101 Å². The summed E-state index contributed by atoms with van der Waals surface area (Å²) in [7, 11) is 0. The third-order valence-corrected chi connectivity index (χ3v) is 2.82. The van der Waals surface area contributed by atoms with Gasteiger partial charge in [-0.2, -0.15) is 5.10 Å². The predicted molar refractivity (Wildman–Crippen MR) is 66.9 cm³/mol. The van der Waals surface area contributed by atoms with Gasteiger partial charge in [-0.3, -0.25) is 0 Å². The van der Waals surface area contributed by atoms with E-state index in [4.69, 9.17) is 11.6 Å². The van der Waals surface area contributed by atoms with Crippen LogP contribution < -0.4 is 0 Å². The van der Waals surface area contributed by atoms with Gasteiger partial charge in [0.05, 0.1) is 12.2 Å². The van der Waals surface area contributed by atoms with Gasteiger partial charge in [0.15, 0.2) is 0 Å². The Morgan fingerprint density at radius 1 is 1.25 bits per heavy atom. The van der Waals surface area contributed by atoms with Crippen LogP contribution in [0.1, 0.15) is 31.0 Å². The van der Waals surface area contributed by atoms with Gasteiger partial charge >= 0.3 is 0 Å². The van der Waals surface area contributed by atoms with Crippen LogP contribution in [0.15, 0.2) is 36.4 Å². The molecule has 1 heterocycles. The molecule has 0 aliphatic carbocycles. The molecule has 0 unspecified atom stereocenters. The number of halogens is 1. The Bertz CT molecular complexity index is 460. The van der Waals surface area contributed by atoms with Gasteiger partial charge in [0.2, 0.25) is 0 Å². The Balaban J connectivity index is 2.22. The highest BCUT2D eigenvalue weighted by Gasteiger charge is 2.08. The van der Waals surface area contributed by atoms with Gasteiger partial charge in [-0.05, 0) is 17.5 Å². The van der Waals surface area contributed by atoms with Crippen molar-refractivity contribution in [3.05, 3.63) is 52.8 Å². The Hall–Kier alpha value is -1.28. The standard InChI is InChI=1S/C13H15ClN2/c1-10(2)12-8-13(14)16(15-12)9-11-6-4-3-5-7-11/h3-8,10H,9H2,1-2H3. The van der Waals surface area contributed by atoms with E-state index in [1.54, 1.807) is 0 Å². The molecule has 1 aromatic heterocycles. The molecule has 0 saturated carbocycles. The van der Waals surface area contributed by atoms with Crippen molar-refractivity contribution < 1.29 is 0 Å². The zero-order valence-electron chi connectivity index (χ0n) is 9.52. The van der Waals surface area contributed by atoms with Gasteiger partial charge < -0.3 is 0 Å². The molecule has 2 aromatic rings. The van der Waals surface area contributed by atoms with Crippen LogP contribution in [0.5, 0.6) is 0 Å². The quantitative estimate of drug-likeness (QED) is 0.792. The molecule has 0 N–H and O–H groups in total. The molecule has 0 saturated heterocycles. The molecule has 0 bridgehead atoms. The predicted octanol–water partition coefficient (Wildman–Crippen LogP) is 3.71. The first-order valence-corrected chi connectivity index (χ1v) is 5.82. The lowest BCUT2D eigenvalue weighted by atomic mass is 10.1. The summed E-state index contributed by atoms with van der Waals surface area (Å²) in [5.74, 6) is 0.412. The largest absolute Gasteiger partial charge is 0.249 e. The Morgan fingerprint density at radius 3 is 2.50 bits per heavy atom. The molecule has 2 nitrogen and oxygen atoms in total. The van der Waals surface area contributed by atoms with Crippen molar-refractivity contribution in [3.8, 4) is 0 Å². The van der Waals surface area contributed by atoms with E-state index in [-0.39, 0.29) is 0 Å². The summed E-state index contributed by atoms with van der Waals surface area (Å²) in [5.41, 5.74) is 2.25. The summed E-state index contributed by atoms with van der Waals surface area (Å²) >= 11 is 6.14. The van der Waals surface area contributed by atoms with Crippen LogP contribution in [-0.2, 0) is 6.54 Å². The molecule has 3 heteroatoms. The van der Waals surface area contributed by atoms with E-state index in [0.29, 0.717) is 11.1 Å². The highest BCUT2D eigenvalue weighted by atomic mass is 35.5. The zero-order valence-corrected chi connectivity index (χ0v) is 10.3. The van der Waals surface area contributed by atoms with E-state index in [1.165, 1.54) is 5.56 Å². The van der Waals surface area contributed by atoms with Crippen LogP contribution in [-0.4, -0.2) is 9.78 Å². The monoisotopic (exact) mass is 234 g/mol. The average molecular weight is 235 g/mol. The fourth-order valence-electron chi connectivity index (χ4n) is 1.56. The molecule has 1 aromatic carbocycles. The zero-order chi connectivity index (χ0) is 11.5. The first-order valence-electron chi connectivity index (χ1n) is 5.44. The van der Waals surface area contributed by atoms with Crippen molar-refractivity contribution >= 4 is 11.6 Å². The van der Waals surface area contributed by atoms with Crippen LogP contribution in [0.2, 0.25) is 5.15 Å². The molecule has 0 atom stereocenters. The minimum absolute atomic E-state index is 0.412. The highest BCUT2D eigenvalue weighted by molar-refractivity contribution is 6.29. The van der Waals surface area contributed by atoms with Crippen LogP contribution in [0.3, 0.4) is 0 Å². The number of hydrogen-bond donors (Lipinski definition) is 0. The number of benzene rings is 1. The fraction of sp³-hybridized carbons (Fsp3) is 0.308. The van der Waals surface area contributed by atoms with E-state index >= 15 is 0 Å². The minimum atomic E-state index is 0.412. The van der Waals surface area contributed by atoms with Crippen LogP contribution in [0.4, 0.5) is 0 Å². The van der Waals surface area contributed by atoms with E-state index in [1.807, 2.05) is 28.9 Å². The van der Waals surface area contributed by atoms with Crippen molar-refractivity contribution in [2.24, 2.45) is 0 Å². The van der Waals surface area contributed by atoms with Crippen LogP contribution in [0, 0.1) is 0 Å². The molecule has 0 aliphatic heterocycles. The van der Waals surface area contributed by atoms with Crippen LogP contribution in [0.25, 0.3) is 0 Å². The second-order valence-electron chi connectivity index (χ2n) is 4.19. The summed E-state index contributed by atoms with van der Waals surface area (Å²) in [6.07, 6.45) is 0. The Morgan fingerprint density at radius 2 is 1.94 bits per heavy atom. The molecule has 2 rings (SSSR count). The van der Waals surface area contributed by atoms with E-state index in [2.05, 4.69) is 31.1 Å². The van der Waals surface area contributed by atoms with Gasteiger partial charge in [-0.1, -0.05) is 55.8 Å². The summed E-state index contributed by atoms with van der Waals surface area (Å²) in [6, 6.07) is 12.1. The van der Waals surface area contributed by atoms with Crippen molar-refractivity contribution in [1.82, 2.24) is 9.78 Å². The number of hydrogen-bond acceptors (Lipinski definition) is 1. The molecule has 84 valence electrons. The normalized spacial score (nSPS) is 11.0. The van der Waals surface area contributed by atoms with Crippen molar-refractivity contribution in [1.29, 1.82) is 0 Å². The van der Waals surface area contributed by atoms with Gasteiger partial charge in [0.1, 0.15) is 5.15 Å². The fourth-order valence-corrected chi connectivity index (χ4v) is 1.77. The number of aromatic nitrogens is 2. The first-order chi connectivity index (χ1) is 7.66. The van der Waals surface area contributed by atoms with Gasteiger partial charge in [-0.15, -0.1) is 0 Å². The van der Waals surface area contributed by atoms with E-state index in [9.17, 15) is 0 Å². The number of nitrogens with zero attached hydrogens (tertiary/aromatic N) is 2. The van der Waals surface area contributed by atoms with Gasteiger partial charge in [0.25, 0.3) is 0 Å². The molecule has 0 radical (unpaired) electrons. The highest BCUT2D eigenvalue weighted by Crippen LogP contribution is 2.19. The van der Waals surface area contributed by atoms with Crippen molar-refractivity contribution in [2.75, 3.05) is 0 Å². The van der Waals surface area contributed by atoms with Gasteiger partial charge in [-0.25, -0.2) is 4.68 Å². The lowest BCUT2D eigenvalue weighted by molar-refractivity contribution is 0.658.